The number of methoxy groups -OCH3 is 1. The zero-order chi connectivity index (χ0) is 33.2. The smallest absolute Gasteiger partial charge is 0.256 e. The number of nitrogens with zero attached hydrogens (tertiary/aromatic N) is 4. The third-order valence-electron chi connectivity index (χ3n) is 10.3. The molecule has 0 saturated carbocycles. The van der Waals surface area contributed by atoms with E-state index in [0.29, 0.717) is 56.8 Å². The highest BCUT2D eigenvalue weighted by molar-refractivity contribution is 5.98. The molecule has 0 aliphatic carbocycles. The molecule has 252 valence electrons. The number of carbonyl (C=O) groups is 4. The molecule has 0 unspecified atom stereocenters. The molecule has 0 spiro atoms. The molecule has 11 nitrogen and oxygen atoms in total. The van der Waals surface area contributed by atoms with E-state index in [9.17, 15) is 19.2 Å². The Hall–Kier alpha value is -3.99. The van der Waals surface area contributed by atoms with Crippen LogP contribution >= 0.6 is 0 Å². The minimum absolute atomic E-state index is 0.0112. The first-order valence-corrected chi connectivity index (χ1v) is 17.2. The molecular formula is C36H48N6O5. The normalized spacial score (nSPS) is 27.0. The van der Waals surface area contributed by atoms with E-state index in [2.05, 4.69) is 15.5 Å². The maximum atomic E-state index is 13.9. The number of likely N-dealkylation sites (tertiary alicyclic amines) is 1. The van der Waals surface area contributed by atoms with E-state index in [1.54, 1.807) is 14.0 Å². The number of amides is 4. The maximum Gasteiger partial charge on any atom is 0.256 e. The van der Waals surface area contributed by atoms with Gasteiger partial charge in [-0.1, -0.05) is 30.3 Å². The second-order valence-corrected chi connectivity index (χ2v) is 14.1. The van der Waals surface area contributed by atoms with Gasteiger partial charge in [0.15, 0.2) is 0 Å². The highest BCUT2D eigenvalue weighted by atomic mass is 16.5. The number of ether oxygens (including phenoxy) is 1. The van der Waals surface area contributed by atoms with Gasteiger partial charge in [0, 0.05) is 50.2 Å². The summed E-state index contributed by atoms with van der Waals surface area (Å²) in [4.78, 5) is 64.4. The van der Waals surface area contributed by atoms with E-state index < -0.39 is 12.1 Å². The number of hydrogen-bond donors (Lipinski definition) is 2. The molecule has 4 aliphatic heterocycles. The van der Waals surface area contributed by atoms with Crippen molar-refractivity contribution in [2.45, 2.75) is 96.6 Å². The van der Waals surface area contributed by atoms with Gasteiger partial charge in [0.2, 0.25) is 23.6 Å². The number of rotatable bonds is 7. The van der Waals surface area contributed by atoms with E-state index in [1.807, 2.05) is 60.0 Å². The fourth-order valence-corrected chi connectivity index (χ4v) is 8.00. The Kier molecular flexibility index (Phi) is 9.82. The Labute approximate surface area is 277 Å². The summed E-state index contributed by atoms with van der Waals surface area (Å²) in [6, 6.07) is 10.5. The fraction of sp³-hybridized carbons (Fsp3) is 0.583. The first kappa shape index (κ1) is 32.9. The van der Waals surface area contributed by atoms with E-state index >= 15 is 0 Å². The Balaban J connectivity index is 1.15. The molecule has 5 atom stereocenters. The van der Waals surface area contributed by atoms with Crippen molar-refractivity contribution in [1.82, 2.24) is 30.3 Å². The third kappa shape index (κ3) is 7.15. The van der Waals surface area contributed by atoms with Crippen LogP contribution < -0.4 is 15.4 Å². The standard InChI is InChI=1S/C36H48N6O5/c1-22(2)41-21-30-28(36(41)46)16-27(34(39-30)47-4)20-40-17-25-15-26(19-40)31-11-8-12-32(43)38-29(14-13-24-9-6-5-7-10-24)33(44)37-23(3)35(45)42(31)18-25/h5-7,9-10,16,22-23,25-26,29,31H,8,11-15,17-21H2,1-4H3,(H,37,44)(H,38,43)/t23-,25+,26-,29+,31+/m1/s1. The van der Waals surface area contributed by atoms with Crippen LogP contribution in [0.3, 0.4) is 0 Å². The molecule has 3 saturated heterocycles. The topological polar surface area (TPSA) is 124 Å². The number of hydrogen-bond acceptors (Lipinski definition) is 7. The highest BCUT2D eigenvalue weighted by Crippen LogP contribution is 2.37. The maximum absolute atomic E-state index is 13.9. The van der Waals surface area contributed by atoms with Crippen LogP contribution in [-0.4, -0.2) is 94.2 Å². The van der Waals surface area contributed by atoms with Crippen molar-refractivity contribution in [1.29, 1.82) is 0 Å². The lowest BCUT2D eigenvalue weighted by Gasteiger charge is -2.51. The highest BCUT2D eigenvalue weighted by Gasteiger charge is 2.44. The molecule has 4 amide bonds. The summed E-state index contributed by atoms with van der Waals surface area (Å²) < 4.78 is 5.70. The first-order chi connectivity index (χ1) is 22.6. The van der Waals surface area contributed by atoms with Crippen LogP contribution in [0.5, 0.6) is 5.88 Å². The van der Waals surface area contributed by atoms with Crippen LogP contribution in [0.1, 0.15) is 80.1 Å². The van der Waals surface area contributed by atoms with E-state index in [4.69, 9.17) is 9.72 Å². The first-order valence-electron chi connectivity index (χ1n) is 17.2. The Morgan fingerprint density at radius 3 is 2.57 bits per heavy atom. The van der Waals surface area contributed by atoms with E-state index in [1.165, 1.54) is 0 Å². The summed E-state index contributed by atoms with van der Waals surface area (Å²) in [5.41, 5.74) is 3.40. The molecule has 1 aromatic carbocycles. The van der Waals surface area contributed by atoms with Gasteiger partial charge in [-0.2, -0.15) is 0 Å². The number of aromatic nitrogens is 1. The Morgan fingerprint density at radius 2 is 1.83 bits per heavy atom. The molecule has 47 heavy (non-hydrogen) atoms. The summed E-state index contributed by atoms with van der Waals surface area (Å²) in [5, 5.41) is 5.89. The Bertz CT molecular complexity index is 1500. The van der Waals surface area contributed by atoms with Crippen molar-refractivity contribution in [3.8, 4) is 5.88 Å². The summed E-state index contributed by atoms with van der Waals surface area (Å²) in [6.07, 6.45) is 3.80. The molecule has 2 bridgehead atoms. The van der Waals surface area contributed by atoms with Crippen molar-refractivity contribution in [2.24, 2.45) is 11.8 Å². The van der Waals surface area contributed by atoms with Crippen LogP contribution in [0.25, 0.3) is 0 Å². The number of benzene rings is 1. The molecule has 3 fully saturated rings. The van der Waals surface area contributed by atoms with Crippen LogP contribution in [0.15, 0.2) is 36.4 Å². The summed E-state index contributed by atoms with van der Waals surface area (Å²) in [5.74, 6) is 0.560. The number of pyridine rings is 1. The van der Waals surface area contributed by atoms with Gasteiger partial charge in [0.25, 0.3) is 5.91 Å². The second kappa shape index (κ2) is 14.0. The van der Waals surface area contributed by atoms with Gasteiger partial charge in [-0.05, 0) is 76.3 Å². The minimum atomic E-state index is -0.697. The molecule has 2 N–H and O–H groups in total. The van der Waals surface area contributed by atoms with Crippen LogP contribution in [-0.2, 0) is 33.9 Å². The molecule has 2 aromatic rings. The molecule has 5 heterocycles. The zero-order valence-corrected chi connectivity index (χ0v) is 28.0. The molecule has 6 rings (SSSR count). The zero-order valence-electron chi connectivity index (χ0n) is 28.0. The SMILES string of the molecule is COc1nc2c(cc1CN1C[C@@H]3C[C@H](C1)[C@@H]1CCCC(=O)N[C@@H](CCc4ccccc4)C(=O)N[C@H](C)C(=O)N1C3)C(=O)N(C(C)C)C2. The van der Waals surface area contributed by atoms with Crippen LogP contribution in [0.4, 0.5) is 0 Å². The molecule has 0 radical (unpaired) electrons. The van der Waals surface area contributed by atoms with Crippen molar-refractivity contribution in [2.75, 3.05) is 26.7 Å². The predicted octanol–water partition coefficient (Wildman–Crippen LogP) is 2.91. The van der Waals surface area contributed by atoms with Crippen molar-refractivity contribution in [3.63, 3.8) is 0 Å². The fourth-order valence-electron chi connectivity index (χ4n) is 8.00. The van der Waals surface area contributed by atoms with Gasteiger partial charge in [0.1, 0.15) is 12.1 Å². The average Bonchev–Trinajstić information content (AvgIpc) is 3.38. The van der Waals surface area contributed by atoms with Gasteiger partial charge in [0.05, 0.1) is 24.9 Å². The third-order valence-corrected chi connectivity index (χ3v) is 10.3. The Morgan fingerprint density at radius 1 is 1.04 bits per heavy atom. The van der Waals surface area contributed by atoms with Gasteiger partial charge in [-0.25, -0.2) is 4.98 Å². The van der Waals surface area contributed by atoms with Crippen molar-refractivity contribution in [3.05, 3.63) is 58.8 Å². The molecule has 1 aromatic heterocycles. The number of carbonyl (C=O) groups excluding carboxylic acids is 4. The predicted molar refractivity (Wildman–Crippen MR) is 176 cm³/mol. The van der Waals surface area contributed by atoms with Crippen molar-refractivity contribution < 1.29 is 23.9 Å². The molecule has 11 heteroatoms. The monoisotopic (exact) mass is 644 g/mol. The number of nitrogens with one attached hydrogen (secondary N) is 2. The van der Waals surface area contributed by atoms with Gasteiger partial charge < -0.3 is 25.2 Å². The quantitative estimate of drug-likeness (QED) is 0.475. The molecular weight excluding hydrogens is 596 g/mol. The van der Waals surface area contributed by atoms with Gasteiger partial charge in [-0.15, -0.1) is 0 Å². The summed E-state index contributed by atoms with van der Waals surface area (Å²) in [7, 11) is 1.62. The number of aryl methyl sites for hydroxylation is 1. The van der Waals surface area contributed by atoms with E-state index in [-0.39, 0.29) is 47.5 Å². The minimum Gasteiger partial charge on any atom is -0.481 e. The summed E-state index contributed by atoms with van der Waals surface area (Å²) in [6.45, 7) is 9.08. The van der Waals surface area contributed by atoms with Crippen LogP contribution in [0, 0.1) is 11.8 Å². The second-order valence-electron chi connectivity index (χ2n) is 14.1. The number of piperidine rings is 2. The largest absolute Gasteiger partial charge is 0.481 e. The van der Waals surface area contributed by atoms with Gasteiger partial charge in [-0.3, -0.25) is 24.1 Å². The lowest BCUT2D eigenvalue weighted by Crippen LogP contribution is -2.62. The van der Waals surface area contributed by atoms with Gasteiger partial charge >= 0.3 is 0 Å². The van der Waals surface area contributed by atoms with E-state index in [0.717, 1.165) is 42.8 Å². The van der Waals surface area contributed by atoms with Crippen LogP contribution in [0.2, 0.25) is 0 Å². The molecule has 4 aliphatic rings. The lowest BCUT2D eigenvalue weighted by atomic mass is 9.77. The summed E-state index contributed by atoms with van der Waals surface area (Å²) >= 11 is 0. The lowest BCUT2D eigenvalue weighted by molar-refractivity contribution is -0.145. The van der Waals surface area contributed by atoms with Crippen molar-refractivity contribution >= 4 is 23.6 Å². The average molecular weight is 645 g/mol. The number of fused-ring (bicyclic) bond motifs is 5.